The fraction of sp³-hybridized carbons (Fsp3) is 0.400. The second-order valence-corrected chi connectivity index (χ2v) is 5.65. The van der Waals surface area contributed by atoms with Crippen molar-refractivity contribution in [2.24, 2.45) is 0 Å². The second-order valence-electron chi connectivity index (χ2n) is 5.65. The molecule has 2 bridgehead atoms. The Bertz CT molecular complexity index is 718. The lowest BCUT2D eigenvalue weighted by Crippen LogP contribution is -2.30. The zero-order valence-corrected chi connectivity index (χ0v) is 11.4. The van der Waals surface area contributed by atoms with Gasteiger partial charge in [-0.05, 0) is 25.3 Å². The van der Waals surface area contributed by atoms with Gasteiger partial charge in [-0.3, -0.25) is 10.1 Å². The number of nitrogens with one attached hydrogen (secondary N) is 1. The molecule has 3 heterocycles. The molecule has 3 unspecified atom stereocenters. The van der Waals surface area contributed by atoms with E-state index in [4.69, 9.17) is 4.74 Å². The van der Waals surface area contributed by atoms with Crippen molar-refractivity contribution in [3.63, 3.8) is 0 Å². The standard InChI is InChI=1S/C15H15N3O3/c19-18(20)13-8-16-11-4-2-1-3-10(11)15(13)17-12-7-9-5-6-14(12)21-9/h1-4,8-9,12,14H,5-7H2,(H,16,17). The summed E-state index contributed by atoms with van der Waals surface area (Å²) in [5.41, 5.74) is 1.35. The molecule has 6 heteroatoms. The van der Waals surface area contributed by atoms with Crippen LogP contribution in [0.2, 0.25) is 0 Å². The number of hydrogen-bond donors (Lipinski definition) is 1. The monoisotopic (exact) mass is 285 g/mol. The Labute approximate surface area is 121 Å². The first kappa shape index (κ1) is 12.5. The van der Waals surface area contributed by atoms with Gasteiger partial charge in [0.15, 0.2) is 0 Å². The van der Waals surface area contributed by atoms with Crippen LogP contribution < -0.4 is 5.32 Å². The quantitative estimate of drug-likeness (QED) is 0.693. The van der Waals surface area contributed by atoms with Gasteiger partial charge < -0.3 is 10.1 Å². The molecule has 21 heavy (non-hydrogen) atoms. The summed E-state index contributed by atoms with van der Waals surface area (Å²) in [6.45, 7) is 0. The van der Waals surface area contributed by atoms with Crippen LogP contribution in [-0.4, -0.2) is 28.2 Å². The van der Waals surface area contributed by atoms with Gasteiger partial charge in [-0.2, -0.15) is 0 Å². The number of rotatable bonds is 3. The first-order valence-electron chi connectivity index (χ1n) is 7.16. The minimum atomic E-state index is -0.379. The molecule has 0 radical (unpaired) electrons. The number of nitrogens with zero attached hydrogens (tertiary/aromatic N) is 2. The Hall–Kier alpha value is -2.21. The highest BCUT2D eigenvalue weighted by Gasteiger charge is 2.41. The minimum Gasteiger partial charge on any atom is -0.373 e. The van der Waals surface area contributed by atoms with Crippen LogP contribution in [0.3, 0.4) is 0 Å². The van der Waals surface area contributed by atoms with Crippen LogP contribution in [0.5, 0.6) is 0 Å². The summed E-state index contributed by atoms with van der Waals surface area (Å²) in [7, 11) is 0. The maximum atomic E-state index is 11.3. The van der Waals surface area contributed by atoms with E-state index in [0.29, 0.717) is 11.8 Å². The summed E-state index contributed by atoms with van der Waals surface area (Å²) in [6.07, 6.45) is 4.85. The molecule has 0 amide bonds. The predicted octanol–water partition coefficient (Wildman–Crippen LogP) is 2.87. The van der Waals surface area contributed by atoms with E-state index in [1.54, 1.807) is 0 Å². The molecule has 0 saturated carbocycles. The van der Waals surface area contributed by atoms with Gasteiger partial charge in [-0.25, -0.2) is 4.98 Å². The molecule has 1 aromatic heterocycles. The zero-order valence-electron chi connectivity index (χ0n) is 11.4. The van der Waals surface area contributed by atoms with Gasteiger partial charge in [0.1, 0.15) is 11.9 Å². The summed E-state index contributed by atoms with van der Waals surface area (Å²) in [6, 6.07) is 7.63. The van der Waals surface area contributed by atoms with Crippen LogP contribution in [0.4, 0.5) is 11.4 Å². The summed E-state index contributed by atoms with van der Waals surface area (Å²) in [4.78, 5) is 15.1. The van der Waals surface area contributed by atoms with E-state index in [-0.39, 0.29) is 22.8 Å². The molecule has 2 aromatic rings. The van der Waals surface area contributed by atoms with Crippen LogP contribution in [0.1, 0.15) is 19.3 Å². The summed E-state index contributed by atoms with van der Waals surface area (Å²) in [5.74, 6) is 0. The van der Waals surface area contributed by atoms with Crippen molar-refractivity contribution >= 4 is 22.3 Å². The van der Waals surface area contributed by atoms with E-state index in [2.05, 4.69) is 10.3 Å². The van der Waals surface area contributed by atoms with Gasteiger partial charge in [0.05, 0.1) is 28.7 Å². The molecule has 3 atom stereocenters. The van der Waals surface area contributed by atoms with Gasteiger partial charge in [-0.1, -0.05) is 18.2 Å². The van der Waals surface area contributed by atoms with Crippen molar-refractivity contribution in [1.82, 2.24) is 4.98 Å². The molecule has 2 aliphatic rings. The molecule has 0 aliphatic carbocycles. The lowest BCUT2D eigenvalue weighted by atomic mass is 9.95. The molecule has 1 N–H and O–H groups in total. The highest BCUT2D eigenvalue weighted by molar-refractivity contribution is 5.95. The molecule has 108 valence electrons. The van der Waals surface area contributed by atoms with Crippen LogP contribution in [0.15, 0.2) is 30.5 Å². The van der Waals surface area contributed by atoms with Gasteiger partial charge in [0, 0.05) is 5.39 Å². The van der Waals surface area contributed by atoms with E-state index in [1.165, 1.54) is 6.20 Å². The zero-order chi connectivity index (χ0) is 14.4. The predicted molar refractivity (Wildman–Crippen MR) is 78.3 cm³/mol. The van der Waals surface area contributed by atoms with Crippen molar-refractivity contribution < 1.29 is 9.66 Å². The normalized spacial score (nSPS) is 27.1. The molecule has 4 rings (SSSR count). The molecular formula is C15H15N3O3. The fourth-order valence-corrected chi connectivity index (χ4v) is 3.40. The van der Waals surface area contributed by atoms with Crippen LogP contribution in [0.25, 0.3) is 10.9 Å². The Balaban J connectivity index is 1.78. The second kappa shape index (κ2) is 4.66. The third-order valence-electron chi connectivity index (χ3n) is 4.39. The largest absolute Gasteiger partial charge is 0.373 e. The van der Waals surface area contributed by atoms with Gasteiger partial charge in [0.2, 0.25) is 0 Å². The van der Waals surface area contributed by atoms with Gasteiger partial charge in [0.25, 0.3) is 0 Å². The van der Waals surface area contributed by atoms with Crippen molar-refractivity contribution in [1.29, 1.82) is 0 Å². The van der Waals surface area contributed by atoms with E-state index in [0.717, 1.165) is 30.2 Å². The molecular weight excluding hydrogens is 270 g/mol. The topological polar surface area (TPSA) is 77.3 Å². The average molecular weight is 285 g/mol. The number of hydrogen-bond acceptors (Lipinski definition) is 5. The molecule has 1 aromatic carbocycles. The van der Waals surface area contributed by atoms with Gasteiger partial charge in [-0.15, -0.1) is 0 Å². The van der Waals surface area contributed by atoms with Crippen molar-refractivity contribution in [3.05, 3.63) is 40.6 Å². The number of aromatic nitrogens is 1. The smallest absolute Gasteiger partial charge is 0.311 e. The Morgan fingerprint density at radius 1 is 1.33 bits per heavy atom. The molecule has 2 fully saturated rings. The number of pyridine rings is 1. The van der Waals surface area contributed by atoms with E-state index < -0.39 is 0 Å². The third-order valence-corrected chi connectivity index (χ3v) is 4.39. The number of ether oxygens (including phenoxy) is 1. The molecule has 2 saturated heterocycles. The number of anilines is 1. The minimum absolute atomic E-state index is 0.0245. The van der Waals surface area contributed by atoms with Gasteiger partial charge >= 0.3 is 5.69 Å². The lowest BCUT2D eigenvalue weighted by Gasteiger charge is -2.21. The summed E-state index contributed by atoms with van der Waals surface area (Å²) < 4.78 is 5.82. The van der Waals surface area contributed by atoms with Crippen molar-refractivity contribution in [2.75, 3.05) is 5.32 Å². The Morgan fingerprint density at radius 2 is 2.19 bits per heavy atom. The molecule has 2 aliphatic heterocycles. The lowest BCUT2D eigenvalue weighted by molar-refractivity contribution is -0.384. The highest BCUT2D eigenvalue weighted by atomic mass is 16.6. The molecule has 6 nitrogen and oxygen atoms in total. The third kappa shape index (κ3) is 2.03. The van der Waals surface area contributed by atoms with Crippen LogP contribution in [-0.2, 0) is 4.74 Å². The van der Waals surface area contributed by atoms with E-state index in [9.17, 15) is 10.1 Å². The van der Waals surface area contributed by atoms with E-state index in [1.807, 2.05) is 24.3 Å². The Morgan fingerprint density at radius 3 is 2.90 bits per heavy atom. The first-order chi connectivity index (χ1) is 10.2. The van der Waals surface area contributed by atoms with Crippen LogP contribution >= 0.6 is 0 Å². The number of nitro groups is 1. The van der Waals surface area contributed by atoms with Crippen molar-refractivity contribution in [2.45, 2.75) is 37.5 Å². The van der Waals surface area contributed by atoms with Crippen LogP contribution in [0, 0.1) is 10.1 Å². The maximum Gasteiger partial charge on any atom is 0.311 e. The number of fused-ring (bicyclic) bond motifs is 3. The average Bonchev–Trinajstić information content (AvgIpc) is 3.10. The fourth-order valence-electron chi connectivity index (χ4n) is 3.40. The van der Waals surface area contributed by atoms with Crippen molar-refractivity contribution in [3.8, 4) is 0 Å². The Kier molecular flexibility index (Phi) is 2.78. The summed E-state index contributed by atoms with van der Waals surface area (Å²) >= 11 is 0. The first-order valence-corrected chi connectivity index (χ1v) is 7.16. The number of benzene rings is 1. The maximum absolute atomic E-state index is 11.3. The molecule has 0 spiro atoms. The number of para-hydroxylation sites is 1. The summed E-state index contributed by atoms with van der Waals surface area (Å²) in [5, 5.41) is 15.4. The van der Waals surface area contributed by atoms with E-state index >= 15 is 0 Å². The SMILES string of the molecule is O=[N+]([O-])c1cnc2ccccc2c1NC1CC2CCC1O2. The highest BCUT2D eigenvalue weighted by Crippen LogP contribution is 2.39.